The van der Waals surface area contributed by atoms with Crippen molar-refractivity contribution in [2.75, 3.05) is 18.9 Å². The van der Waals surface area contributed by atoms with Crippen LogP contribution in [0.4, 0.5) is 14.5 Å². The molecule has 1 amide bonds. The predicted octanol–water partition coefficient (Wildman–Crippen LogP) is 3.01. The standard InChI is InChI=1S/C12H15BrF2N2O/c1-7(2)17(3)11(18)6-16-12-9(14)4-8(13)5-10(12)15/h4-5,7,16H,6H2,1-3H3. The van der Waals surface area contributed by atoms with Crippen LogP contribution in [0.1, 0.15) is 13.8 Å². The van der Waals surface area contributed by atoms with Crippen LogP contribution in [-0.2, 0) is 4.79 Å². The molecule has 0 aromatic heterocycles. The molecule has 1 aromatic carbocycles. The van der Waals surface area contributed by atoms with Crippen molar-refractivity contribution in [1.29, 1.82) is 0 Å². The first-order valence-corrected chi connectivity index (χ1v) is 6.26. The zero-order chi connectivity index (χ0) is 13.9. The quantitative estimate of drug-likeness (QED) is 0.925. The molecule has 0 saturated heterocycles. The van der Waals surface area contributed by atoms with Crippen molar-refractivity contribution in [3.8, 4) is 0 Å². The minimum absolute atomic E-state index is 0.0407. The maximum Gasteiger partial charge on any atom is 0.241 e. The van der Waals surface area contributed by atoms with E-state index >= 15 is 0 Å². The molecule has 0 atom stereocenters. The lowest BCUT2D eigenvalue weighted by molar-refractivity contribution is -0.129. The van der Waals surface area contributed by atoms with E-state index in [0.29, 0.717) is 4.47 Å². The van der Waals surface area contributed by atoms with Gasteiger partial charge in [0.1, 0.15) is 17.3 Å². The van der Waals surface area contributed by atoms with Gasteiger partial charge in [0.2, 0.25) is 5.91 Å². The van der Waals surface area contributed by atoms with Crippen molar-refractivity contribution in [1.82, 2.24) is 4.90 Å². The summed E-state index contributed by atoms with van der Waals surface area (Å²) in [4.78, 5) is 13.2. The fourth-order valence-corrected chi connectivity index (χ4v) is 1.69. The summed E-state index contributed by atoms with van der Waals surface area (Å²) in [5.74, 6) is -1.70. The Morgan fingerprint density at radius 2 is 1.89 bits per heavy atom. The maximum atomic E-state index is 13.5. The van der Waals surface area contributed by atoms with Crippen molar-refractivity contribution in [3.63, 3.8) is 0 Å². The van der Waals surface area contributed by atoms with Crippen molar-refractivity contribution < 1.29 is 13.6 Å². The summed E-state index contributed by atoms with van der Waals surface area (Å²) < 4.78 is 27.2. The number of carbonyl (C=O) groups excluding carboxylic acids is 1. The Morgan fingerprint density at radius 3 is 2.33 bits per heavy atom. The van der Waals surface area contributed by atoms with Gasteiger partial charge in [0.05, 0.1) is 6.54 Å². The van der Waals surface area contributed by atoms with Crippen LogP contribution in [0.25, 0.3) is 0 Å². The summed E-state index contributed by atoms with van der Waals surface area (Å²) in [6.45, 7) is 3.57. The number of anilines is 1. The molecule has 3 nitrogen and oxygen atoms in total. The third-order valence-corrected chi connectivity index (χ3v) is 3.05. The first-order valence-electron chi connectivity index (χ1n) is 5.47. The second kappa shape index (κ2) is 6.13. The van der Waals surface area contributed by atoms with Crippen molar-refractivity contribution >= 4 is 27.5 Å². The number of nitrogens with zero attached hydrogens (tertiary/aromatic N) is 1. The van der Waals surface area contributed by atoms with Crippen molar-refractivity contribution in [2.24, 2.45) is 0 Å². The number of halogens is 3. The number of nitrogens with one attached hydrogen (secondary N) is 1. The van der Waals surface area contributed by atoms with Crippen LogP contribution in [0.15, 0.2) is 16.6 Å². The molecule has 0 heterocycles. The minimum atomic E-state index is -0.734. The van der Waals surface area contributed by atoms with Gasteiger partial charge in [-0.2, -0.15) is 0 Å². The van der Waals surface area contributed by atoms with Gasteiger partial charge in [0.25, 0.3) is 0 Å². The molecule has 0 aliphatic carbocycles. The highest BCUT2D eigenvalue weighted by atomic mass is 79.9. The molecule has 1 rings (SSSR count). The second-order valence-corrected chi connectivity index (χ2v) is 5.11. The number of benzene rings is 1. The maximum absolute atomic E-state index is 13.5. The number of carbonyl (C=O) groups is 1. The van der Waals surface area contributed by atoms with E-state index in [1.165, 1.54) is 4.90 Å². The first kappa shape index (κ1) is 14.9. The van der Waals surface area contributed by atoms with Gasteiger partial charge in [-0.05, 0) is 26.0 Å². The smallest absolute Gasteiger partial charge is 0.241 e. The Labute approximate surface area is 113 Å². The van der Waals surface area contributed by atoms with Gasteiger partial charge >= 0.3 is 0 Å². The molecule has 1 aromatic rings. The van der Waals surface area contributed by atoms with Gasteiger partial charge in [-0.1, -0.05) is 15.9 Å². The lowest BCUT2D eigenvalue weighted by Crippen LogP contribution is -2.37. The van der Waals surface area contributed by atoms with Crippen LogP contribution in [0.3, 0.4) is 0 Å². The van der Waals surface area contributed by atoms with E-state index in [1.54, 1.807) is 7.05 Å². The number of hydrogen-bond donors (Lipinski definition) is 1. The SMILES string of the molecule is CC(C)N(C)C(=O)CNc1c(F)cc(Br)cc1F. The highest BCUT2D eigenvalue weighted by Crippen LogP contribution is 2.23. The first-order chi connectivity index (χ1) is 8.32. The van der Waals surface area contributed by atoms with Gasteiger partial charge in [0.15, 0.2) is 0 Å². The van der Waals surface area contributed by atoms with Gasteiger partial charge in [-0.15, -0.1) is 0 Å². The molecular weight excluding hydrogens is 306 g/mol. The second-order valence-electron chi connectivity index (χ2n) is 4.20. The average molecular weight is 321 g/mol. The van der Waals surface area contributed by atoms with Gasteiger partial charge in [-0.3, -0.25) is 4.79 Å². The fraction of sp³-hybridized carbons (Fsp3) is 0.417. The Hall–Kier alpha value is -1.17. The van der Waals surface area contributed by atoms with E-state index in [9.17, 15) is 13.6 Å². The molecule has 6 heteroatoms. The summed E-state index contributed by atoms with van der Waals surface area (Å²) in [5, 5.41) is 2.48. The van der Waals surface area contributed by atoms with E-state index in [2.05, 4.69) is 21.2 Å². The molecule has 1 N–H and O–H groups in total. The molecule has 0 spiro atoms. The molecule has 0 radical (unpaired) electrons. The molecule has 0 bridgehead atoms. The summed E-state index contributed by atoms with van der Waals surface area (Å²) in [6, 6.07) is 2.32. The molecule has 0 saturated carbocycles. The van der Waals surface area contributed by atoms with Crippen LogP contribution in [0, 0.1) is 11.6 Å². The number of amides is 1. The summed E-state index contributed by atoms with van der Waals surface area (Å²) in [6.07, 6.45) is 0. The zero-order valence-electron chi connectivity index (χ0n) is 10.4. The molecule has 0 aliphatic rings. The highest BCUT2D eigenvalue weighted by Gasteiger charge is 2.15. The third kappa shape index (κ3) is 3.66. The number of rotatable bonds is 4. The van der Waals surface area contributed by atoms with Crippen LogP contribution in [0.5, 0.6) is 0 Å². The van der Waals surface area contributed by atoms with E-state index in [0.717, 1.165) is 12.1 Å². The monoisotopic (exact) mass is 320 g/mol. The highest BCUT2D eigenvalue weighted by molar-refractivity contribution is 9.10. The van der Waals surface area contributed by atoms with E-state index in [-0.39, 0.29) is 24.2 Å². The van der Waals surface area contributed by atoms with Crippen LogP contribution < -0.4 is 5.32 Å². The van der Waals surface area contributed by atoms with Gasteiger partial charge < -0.3 is 10.2 Å². The van der Waals surface area contributed by atoms with Crippen LogP contribution >= 0.6 is 15.9 Å². The zero-order valence-corrected chi connectivity index (χ0v) is 12.0. The average Bonchev–Trinajstić information content (AvgIpc) is 2.25. The predicted molar refractivity (Wildman–Crippen MR) is 70.5 cm³/mol. The topological polar surface area (TPSA) is 32.3 Å². The lowest BCUT2D eigenvalue weighted by atomic mass is 10.3. The third-order valence-electron chi connectivity index (χ3n) is 2.59. The summed E-state index contributed by atoms with van der Waals surface area (Å²) in [7, 11) is 1.64. The molecular formula is C12H15BrF2N2O. The van der Waals surface area contributed by atoms with Crippen molar-refractivity contribution in [3.05, 3.63) is 28.2 Å². The van der Waals surface area contributed by atoms with Gasteiger partial charge in [-0.25, -0.2) is 8.78 Å². The fourth-order valence-electron chi connectivity index (χ4n) is 1.29. The molecule has 18 heavy (non-hydrogen) atoms. The molecule has 0 aliphatic heterocycles. The van der Waals surface area contributed by atoms with Crippen LogP contribution in [0.2, 0.25) is 0 Å². The summed E-state index contributed by atoms with van der Waals surface area (Å²) in [5.41, 5.74) is -0.288. The molecule has 100 valence electrons. The Bertz CT molecular complexity index is 429. The van der Waals surface area contributed by atoms with Crippen LogP contribution in [-0.4, -0.2) is 30.4 Å². The Balaban J connectivity index is 2.73. The normalized spacial score (nSPS) is 10.6. The number of likely N-dealkylation sites (N-methyl/N-ethyl adjacent to an activating group) is 1. The largest absolute Gasteiger partial charge is 0.371 e. The molecule has 0 unspecified atom stereocenters. The van der Waals surface area contributed by atoms with E-state index in [4.69, 9.17) is 0 Å². The van der Waals surface area contributed by atoms with Gasteiger partial charge in [0, 0.05) is 17.6 Å². The minimum Gasteiger partial charge on any atom is -0.371 e. The van der Waals surface area contributed by atoms with Crippen molar-refractivity contribution in [2.45, 2.75) is 19.9 Å². The lowest BCUT2D eigenvalue weighted by Gasteiger charge is -2.22. The Kier molecular flexibility index (Phi) is 5.07. The Morgan fingerprint density at radius 1 is 1.39 bits per heavy atom. The van der Waals surface area contributed by atoms with E-state index < -0.39 is 11.6 Å². The summed E-state index contributed by atoms with van der Waals surface area (Å²) >= 11 is 2.99. The molecule has 0 fully saturated rings. The van der Waals surface area contributed by atoms with E-state index in [1.807, 2.05) is 13.8 Å². The number of hydrogen-bond acceptors (Lipinski definition) is 2.